The first kappa shape index (κ1) is 33.9. The van der Waals surface area contributed by atoms with Gasteiger partial charge >= 0.3 is 0 Å². The largest absolute Gasteiger partial charge is 0.352 e. The van der Waals surface area contributed by atoms with E-state index in [1.54, 1.807) is 17.1 Å². The van der Waals surface area contributed by atoms with Crippen molar-refractivity contribution in [2.75, 3.05) is 6.54 Å². The van der Waals surface area contributed by atoms with Gasteiger partial charge in [-0.2, -0.15) is 5.10 Å². The van der Waals surface area contributed by atoms with E-state index in [9.17, 15) is 19.2 Å². The van der Waals surface area contributed by atoms with Gasteiger partial charge in [0.25, 0.3) is 0 Å². The summed E-state index contributed by atoms with van der Waals surface area (Å²) in [5.74, 6) is -0.0907. The monoisotopic (exact) mass is 658 g/mol. The number of rotatable bonds is 5. The molecule has 1 aliphatic carbocycles. The fourth-order valence-corrected chi connectivity index (χ4v) is 7.77. The molecule has 11 heteroatoms. The van der Waals surface area contributed by atoms with Gasteiger partial charge in [-0.1, -0.05) is 26.7 Å². The van der Waals surface area contributed by atoms with Crippen LogP contribution in [0.1, 0.15) is 107 Å². The van der Waals surface area contributed by atoms with E-state index in [1.807, 2.05) is 26.0 Å². The van der Waals surface area contributed by atoms with Crippen LogP contribution in [0.5, 0.6) is 0 Å². The molecule has 10 nitrogen and oxygen atoms in total. The van der Waals surface area contributed by atoms with E-state index in [0.717, 1.165) is 48.8 Å². The topological polar surface area (TPSA) is 127 Å². The van der Waals surface area contributed by atoms with Gasteiger partial charge in [0.1, 0.15) is 35.6 Å². The minimum absolute atomic E-state index is 0.0123. The van der Waals surface area contributed by atoms with Gasteiger partial charge in [-0.15, -0.1) is 0 Å². The molecule has 4 atom stereocenters. The van der Waals surface area contributed by atoms with Gasteiger partial charge in [0.05, 0.1) is 12.1 Å². The Labute approximate surface area is 281 Å². The summed E-state index contributed by atoms with van der Waals surface area (Å²) in [6.45, 7) is 9.01. The van der Waals surface area contributed by atoms with E-state index in [1.165, 1.54) is 11.8 Å². The highest BCUT2D eigenvalue weighted by Gasteiger charge is 2.52. The molecule has 6 rings (SSSR count). The smallest absolute Gasteiger partial charge is 0.245 e. The Hall–Kier alpha value is -4.02. The van der Waals surface area contributed by atoms with Crippen LogP contribution < -0.4 is 5.32 Å². The van der Waals surface area contributed by atoms with Crippen LogP contribution in [0.25, 0.3) is 22.0 Å². The number of hydrogen-bond acceptors (Lipinski definition) is 7. The number of carbonyl (C=O) groups excluding carboxylic acids is 4. The lowest BCUT2D eigenvalue weighted by Gasteiger charge is -2.26. The second kappa shape index (κ2) is 13.1. The lowest BCUT2D eigenvalue weighted by atomic mass is 9.93. The van der Waals surface area contributed by atoms with Crippen LogP contribution >= 0.6 is 0 Å². The number of carbonyl (C=O) groups is 4. The third-order valence-electron chi connectivity index (χ3n) is 10.7. The van der Waals surface area contributed by atoms with E-state index < -0.39 is 17.6 Å². The van der Waals surface area contributed by atoms with Crippen molar-refractivity contribution >= 4 is 34.3 Å². The number of benzene rings is 1. The zero-order valence-electron chi connectivity index (χ0n) is 28.8. The van der Waals surface area contributed by atoms with Crippen LogP contribution in [-0.4, -0.2) is 72.3 Å². The predicted molar refractivity (Wildman–Crippen MR) is 180 cm³/mol. The lowest BCUT2D eigenvalue weighted by Crippen LogP contribution is -2.49. The number of aryl methyl sites for hydroxylation is 2. The highest BCUT2D eigenvalue weighted by atomic mass is 19.1. The average Bonchev–Trinajstić information content (AvgIpc) is 3.34. The Balaban J connectivity index is 1.39. The molecule has 256 valence electrons. The van der Waals surface area contributed by atoms with Crippen molar-refractivity contribution in [2.24, 2.45) is 11.3 Å². The summed E-state index contributed by atoms with van der Waals surface area (Å²) in [5, 5.41) is 8.36. The number of nitrogens with zero attached hydrogens (tertiary/aromatic N) is 5. The molecular formula is C37H47FN6O4. The Morgan fingerprint density at radius 3 is 2.35 bits per heavy atom. The molecule has 48 heavy (non-hydrogen) atoms. The van der Waals surface area contributed by atoms with Crippen molar-refractivity contribution in [3.05, 3.63) is 41.6 Å². The van der Waals surface area contributed by atoms with E-state index in [-0.39, 0.29) is 67.0 Å². The fraction of sp³-hybridized carbons (Fsp3) is 0.595. The Bertz CT molecular complexity index is 1750. The maximum Gasteiger partial charge on any atom is 0.245 e. The van der Waals surface area contributed by atoms with E-state index >= 15 is 4.39 Å². The number of aromatic nitrogens is 4. The zero-order valence-corrected chi connectivity index (χ0v) is 28.8. The average molecular weight is 659 g/mol. The second-order valence-electron chi connectivity index (χ2n) is 15.1. The fourth-order valence-electron chi connectivity index (χ4n) is 7.77. The minimum atomic E-state index is -1.86. The van der Waals surface area contributed by atoms with Crippen molar-refractivity contribution in [3.8, 4) is 11.1 Å². The first-order valence-electron chi connectivity index (χ1n) is 17.4. The Morgan fingerprint density at radius 2 is 1.69 bits per heavy atom. The van der Waals surface area contributed by atoms with Gasteiger partial charge in [0.2, 0.25) is 11.8 Å². The number of alkyl halides is 1. The standard InChI is InChI=1S/C37H47FN6O4/c1-22(30-16-36(30,4)5)41-35(48)31-17-37(38)13-12-28(46)11-9-7-6-8-10-25-14-26(27-18-39-24(3)40-19-27)15-29-33(23(2)45)42-44(34(25)29)20-32(47)43(31)21-37/h14-15,18-19,22,30-31H,6-13,16-17,20-21H2,1-5H3,(H,41,48)/t22-,30-,31+,37-/m1/s1. The molecule has 3 aromatic rings. The van der Waals surface area contributed by atoms with Gasteiger partial charge in [0.15, 0.2) is 5.78 Å². The van der Waals surface area contributed by atoms with Crippen LogP contribution in [0.15, 0.2) is 24.5 Å². The summed E-state index contributed by atoms with van der Waals surface area (Å²) in [6.07, 6.45) is 8.76. The first-order valence-corrected chi connectivity index (χ1v) is 17.4. The summed E-state index contributed by atoms with van der Waals surface area (Å²) in [4.78, 5) is 63.6. The first-order chi connectivity index (χ1) is 22.7. The molecule has 4 heterocycles. The number of fused-ring (bicyclic) bond motifs is 2. The molecule has 0 spiro atoms. The highest BCUT2D eigenvalue weighted by molar-refractivity contribution is 6.07. The number of amides is 2. The molecule has 2 amide bonds. The summed E-state index contributed by atoms with van der Waals surface area (Å²) in [7, 11) is 0. The van der Waals surface area contributed by atoms with Gasteiger partial charge in [-0.3, -0.25) is 23.9 Å². The molecule has 2 aliphatic heterocycles. The van der Waals surface area contributed by atoms with Crippen molar-refractivity contribution in [1.29, 1.82) is 0 Å². The summed E-state index contributed by atoms with van der Waals surface area (Å²) >= 11 is 0. The number of ketones is 2. The number of hydrogen-bond donors (Lipinski definition) is 1. The minimum Gasteiger partial charge on any atom is -0.352 e. The summed E-state index contributed by atoms with van der Waals surface area (Å²) < 4.78 is 18.1. The molecule has 0 unspecified atom stereocenters. The summed E-state index contributed by atoms with van der Waals surface area (Å²) in [6, 6.07) is 2.81. The van der Waals surface area contributed by atoms with Gasteiger partial charge < -0.3 is 10.2 Å². The SMILES string of the molecule is CC(=O)c1nn2c3c(cc(-c4cnc(C)nc4)cc13)CCCCCCC(=O)CC[C@@]1(F)C[C@@H](C(=O)N[C@H](C)[C@H]3CC3(C)C)N(C1)C(=O)C2. The van der Waals surface area contributed by atoms with Crippen LogP contribution in [0.4, 0.5) is 4.39 Å². The molecule has 2 fully saturated rings. The molecule has 1 N–H and O–H groups in total. The van der Waals surface area contributed by atoms with Crippen molar-refractivity contribution in [2.45, 2.75) is 123 Å². The van der Waals surface area contributed by atoms with Gasteiger partial charge in [-0.25, -0.2) is 14.4 Å². The normalized spacial score (nSPS) is 25.5. The highest BCUT2D eigenvalue weighted by Crippen LogP contribution is 2.53. The zero-order chi connectivity index (χ0) is 34.4. The van der Waals surface area contributed by atoms with E-state index in [2.05, 4.69) is 34.2 Å². The van der Waals surface area contributed by atoms with Crippen LogP contribution in [0, 0.1) is 18.3 Å². The molecule has 1 saturated carbocycles. The number of Topliss-reactive ketones (excluding diaryl/α,β-unsaturated/α-hetero) is 2. The summed E-state index contributed by atoms with van der Waals surface area (Å²) in [5.41, 5.74) is 1.76. The lowest BCUT2D eigenvalue weighted by molar-refractivity contribution is -0.139. The predicted octanol–water partition coefficient (Wildman–Crippen LogP) is 5.72. The molecule has 2 aromatic heterocycles. The van der Waals surface area contributed by atoms with Gasteiger partial charge in [-0.05, 0) is 80.5 Å². The molecule has 3 aliphatic rings. The van der Waals surface area contributed by atoms with E-state index in [4.69, 9.17) is 0 Å². The van der Waals surface area contributed by atoms with Crippen molar-refractivity contribution in [3.63, 3.8) is 0 Å². The van der Waals surface area contributed by atoms with Crippen LogP contribution in [0.2, 0.25) is 0 Å². The molecule has 1 aromatic carbocycles. The van der Waals surface area contributed by atoms with Gasteiger partial charge in [0, 0.05) is 55.6 Å². The quantitative estimate of drug-likeness (QED) is 0.348. The van der Waals surface area contributed by atoms with Crippen molar-refractivity contribution < 1.29 is 23.6 Å². The van der Waals surface area contributed by atoms with Crippen molar-refractivity contribution in [1.82, 2.24) is 30.0 Å². The number of nitrogens with one attached hydrogen (secondary N) is 1. The third kappa shape index (κ3) is 7.05. The molecule has 1 saturated heterocycles. The molecule has 2 bridgehead atoms. The Kier molecular flexibility index (Phi) is 9.26. The van der Waals surface area contributed by atoms with Crippen LogP contribution in [-0.2, 0) is 27.3 Å². The number of halogens is 1. The van der Waals surface area contributed by atoms with Crippen LogP contribution in [0.3, 0.4) is 0 Å². The van der Waals surface area contributed by atoms with E-state index in [0.29, 0.717) is 35.5 Å². The molecular weight excluding hydrogens is 611 g/mol. The maximum atomic E-state index is 16.5. The Morgan fingerprint density at radius 1 is 1.00 bits per heavy atom. The second-order valence-corrected chi connectivity index (χ2v) is 15.1. The molecule has 0 radical (unpaired) electrons. The third-order valence-corrected chi connectivity index (χ3v) is 10.7. The maximum absolute atomic E-state index is 16.5.